The summed E-state index contributed by atoms with van der Waals surface area (Å²) in [4.78, 5) is 21.7. The third-order valence-corrected chi connectivity index (χ3v) is 4.29. The molecule has 2 saturated carbocycles. The summed E-state index contributed by atoms with van der Waals surface area (Å²) in [6.45, 7) is 0. The third-order valence-electron chi connectivity index (χ3n) is 4.29. The van der Waals surface area contributed by atoms with E-state index >= 15 is 0 Å². The van der Waals surface area contributed by atoms with Gasteiger partial charge in [0.05, 0.1) is 0 Å². The van der Waals surface area contributed by atoms with Crippen molar-refractivity contribution in [3.63, 3.8) is 0 Å². The van der Waals surface area contributed by atoms with Gasteiger partial charge in [0.2, 0.25) is 0 Å². The maximum absolute atomic E-state index is 11.3. The molecule has 3 heteroatoms. The fourth-order valence-electron chi connectivity index (χ4n) is 3.51. The van der Waals surface area contributed by atoms with Crippen molar-refractivity contribution in [3.05, 3.63) is 0 Å². The molecule has 0 aromatic rings. The molecule has 94 valence electrons. The van der Waals surface area contributed by atoms with Crippen LogP contribution < -0.4 is 0 Å². The van der Waals surface area contributed by atoms with Gasteiger partial charge in [-0.1, -0.05) is 12.8 Å². The van der Waals surface area contributed by atoms with E-state index in [-0.39, 0.29) is 2.85 Å². The second-order valence-corrected chi connectivity index (χ2v) is 5.35. The van der Waals surface area contributed by atoms with Crippen molar-refractivity contribution in [2.45, 2.75) is 51.4 Å². The molecule has 2 aliphatic rings. The van der Waals surface area contributed by atoms with E-state index in [2.05, 4.69) is 0 Å². The molecule has 0 aliphatic heterocycles. The van der Waals surface area contributed by atoms with Gasteiger partial charge in [0.15, 0.2) is 0 Å². The van der Waals surface area contributed by atoms with Crippen LogP contribution in [0.5, 0.6) is 0 Å². The van der Waals surface area contributed by atoms with E-state index in [1.54, 1.807) is 0 Å². The topological polar surface area (TPSA) is 54.4 Å². The van der Waals surface area contributed by atoms with Gasteiger partial charge in [-0.05, 0) is 37.0 Å². The van der Waals surface area contributed by atoms with Crippen molar-refractivity contribution in [2.24, 2.45) is 17.8 Å². The lowest BCUT2D eigenvalue weighted by Crippen LogP contribution is -2.09. The number of aliphatic carboxylic acids is 1. The van der Waals surface area contributed by atoms with E-state index < -0.39 is 5.97 Å². The van der Waals surface area contributed by atoms with Gasteiger partial charge in [-0.25, -0.2) is 0 Å². The number of ketones is 1. The van der Waals surface area contributed by atoms with Gasteiger partial charge in [-0.15, -0.1) is 0 Å². The highest BCUT2D eigenvalue weighted by atomic mass is 16.4. The molecule has 0 radical (unpaired) electrons. The summed E-state index contributed by atoms with van der Waals surface area (Å²) >= 11 is 0. The van der Waals surface area contributed by atoms with Crippen LogP contribution in [0.4, 0.5) is 0 Å². The molecule has 3 nitrogen and oxygen atoms in total. The Balaban J connectivity index is 0.00000144. The van der Waals surface area contributed by atoms with Gasteiger partial charge in [0.25, 0.3) is 0 Å². The van der Waals surface area contributed by atoms with Crippen LogP contribution in [0.3, 0.4) is 0 Å². The average Bonchev–Trinajstić information content (AvgIpc) is 2.72. The number of carboxylic acids is 1. The quantitative estimate of drug-likeness (QED) is 0.735. The van der Waals surface area contributed by atoms with Crippen molar-refractivity contribution in [1.29, 1.82) is 0 Å². The molecule has 0 saturated heterocycles. The first-order chi connectivity index (χ1) is 7.66. The summed E-state index contributed by atoms with van der Waals surface area (Å²) in [6.07, 6.45) is 7.31. The first-order valence-electron chi connectivity index (χ1n) is 6.40. The normalized spacial score (nSPS) is 33.0. The summed E-state index contributed by atoms with van der Waals surface area (Å²) in [5.74, 6) is 1.75. The Morgan fingerprint density at radius 1 is 1.31 bits per heavy atom. The monoisotopic (exact) mass is 228 g/mol. The Bertz CT molecular complexity index is 294. The zero-order valence-corrected chi connectivity index (χ0v) is 9.65. The van der Waals surface area contributed by atoms with E-state index in [4.69, 9.17) is 5.11 Å². The molecule has 0 unspecified atom stereocenters. The predicted octanol–water partition coefficient (Wildman–Crippen LogP) is 3.13. The van der Waals surface area contributed by atoms with Crippen molar-refractivity contribution in [1.82, 2.24) is 0 Å². The van der Waals surface area contributed by atoms with Crippen LogP contribution in [0.1, 0.15) is 54.2 Å². The van der Waals surface area contributed by atoms with Gasteiger partial charge in [0, 0.05) is 22.1 Å². The van der Waals surface area contributed by atoms with Crippen LogP contribution in [0, 0.1) is 17.8 Å². The zero-order chi connectivity index (χ0) is 11.5. The van der Waals surface area contributed by atoms with Crippen LogP contribution >= 0.6 is 0 Å². The molecule has 0 bridgehead atoms. The second-order valence-electron chi connectivity index (χ2n) is 5.35. The summed E-state index contributed by atoms with van der Waals surface area (Å²) in [7, 11) is 0. The van der Waals surface area contributed by atoms with Crippen LogP contribution in [0.25, 0.3) is 0 Å². The minimum Gasteiger partial charge on any atom is -0.481 e. The SMILES string of the molecule is O=C(O)CCCC[C@@H]1CC[C@@H]2CC(=O)C[C@H]12.[HH].[HH]. The van der Waals surface area contributed by atoms with Crippen molar-refractivity contribution in [2.75, 3.05) is 0 Å². The van der Waals surface area contributed by atoms with E-state index in [0.29, 0.717) is 30.0 Å². The lowest BCUT2D eigenvalue weighted by molar-refractivity contribution is -0.137. The van der Waals surface area contributed by atoms with Gasteiger partial charge in [0.1, 0.15) is 5.78 Å². The van der Waals surface area contributed by atoms with Gasteiger partial charge >= 0.3 is 5.97 Å². The molecule has 0 amide bonds. The molecular weight excluding hydrogens is 204 g/mol. The fourth-order valence-corrected chi connectivity index (χ4v) is 3.51. The first-order valence-corrected chi connectivity index (χ1v) is 6.40. The minimum atomic E-state index is -0.694. The largest absolute Gasteiger partial charge is 0.481 e. The molecule has 16 heavy (non-hydrogen) atoms. The van der Waals surface area contributed by atoms with Gasteiger partial charge in [-0.2, -0.15) is 0 Å². The lowest BCUT2D eigenvalue weighted by Gasteiger charge is -2.17. The van der Waals surface area contributed by atoms with Crippen LogP contribution in [0.15, 0.2) is 0 Å². The minimum absolute atomic E-state index is 0. The molecule has 0 heterocycles. The Kier molecular flexibility index (Phi) is 3.62. The number of carboxylic acid groups (broad SMARTS) is 1. The first kappa shape index (κ1) is 11.6. The number of hydrogen-bond acceptors (Lipinski definition) is 2. The van der Waals surface area contributed by atoms with E-state index in [9.17, 15) is 9.59 Å². The van der Waals surface area contributed by atoms with Crippen molar-refractivity contribution >= 4 is 11.8 Å². The Morgan fingerprint density at radius 3 is 2.88 bits per heavy atom. The predicted molar refractivity (Wildman–Crippen MR) is 64.3 cm³/mol. The maximum atomic E-state index is 11.3. The summed E-state index contributed by atoms with van der Waals surface area (Å²) < 4.78 is 0. The van der Waals surface area contributed by atoms with Gasteiger partial charge < -0.3 is 5.11 Å². The van der Waals surface area contributed by atoms with E-state index in [1.807, 2.05) is 0 Å². The molecule has 2 aliphatic carbocycles. The number of Topliss-reactive ketones (excluding diaryl/α,β-unsaturated/α-hetero) is 1. The third kappa shape index (κ3) is 2.63. The molecule has 2 rings (SSSR count). The number of fused-ring (bicyclic) bond motifs is 1. The van der Waals surface area contributed by atoms with Gasteiger partial charge in [-0.3, -0.25) is 9.59 Å². The zero-order valence-electron chi connectivity index (χ0n) is 9.65. The highest BCUT2D eigenvalue weighted by Crippen LogP contribution is 2.47. The van der Waals surface area contributed by atoms with Crippen LogP contribution in [-0.2, 0) is 9.59 Å². The number of carbonyl (C=O) groups is 2. The van der Waals surface area contributed by atoms with Crippen LogP contribution in [0.2, 0.25) is 0 Å². The van der Waals surface area contributed by atoms with Crippen LogP contribution in [-0.4, -0.2) is 16.9 Å². The smallest absolute Gasteiger partial charge is 0.303 e. The molecule has 1 N–H and O–H groups in total. The highest BCUT2D eigenvalue weighted by molar-refractivity contribution is 5.81. The molecule has 0 aromatic heterocycles. The molecular formula is C13H24O3. The van der Waals surface area contributed by atoms with Crippen molar-refractivity contribution in [3.8, 4) is 0 Å². The molecule has 2 fully saturated rings. The highest BCUT2D eigenvalue weighted by Gasteiger charge is 2.42. The Morgan fingerprint density at radius 2 is 2.12 bits per heavy atom. The van der Waals surface area contributed by atoms with E-state index in [1.165, 1.54) is 12.8 Å². The summed E-state index contributed by atoms with van der Waals surface area (Å²) in [6, 6.07) is 0. The number of unbranched alkanes of at least 4 members (excludes halogenated alkanes) is 1. The standard InChI is InChI=1S/C13H20O3.2H2/c14-11-7-10-6-5-9(12(10)8-11)3-1-2-4-13(15)16;;/h9-10,12H,1-8H2,(H,15,16);2*1H/t9-,10-,12-;;/m1../s1. The molecule has 0 aromatic carbocycles. The Hall–Kier alpha value is -0.860. The summed E-state index contributed by atoms with van der Waals surface area (Å²) in [5.41, 5.74) is 0. The molecule has 0 spiro atoms. The maximum Gasteiger partial charge on any atom is 0.303 e. The average molecular weight is 228 g/mol. The second kappa shape index (κ2) is 4.98. The van der Waals surface area contributed by atoms with E-state index in [0.717, 1.165) is 32.1 Å². The number of carbonyl (C=O) groups excluding carboxylic acids is 1. The number of hydrogen-bond donors (Lipinski definition) is 1. The number of rotatable bonds is 5. The summed E-state index contributed by atoms with van der Waals surface area (Å²) in [5, 5.41) is 8.55. The van der Waals surface area contributed by atoms with Crippen molar-refractivity contribution < 1.29 is 17.5 Å². The Labute approximate surface area is 99.2 Å². The molecule has 3 atom stereocenters. The fraction of sp³-hybridized carbons (Fsp3) is 0.846. The lowest BCUT2D eigenvalue weighted by atomic mass is 9.88.